The van der Waals surface area contributed by atoms with E-state index in [1.54, 1.807) is 30.9 Å². The standard InChI is InChI=1S/C16H15N7O/c17-16(24)12-9-22-14(23-15-10-18-5-6-20-15)7-13(12)21-8-11-3-1-2-4-19-11/h1-7,9-10H,8H2,(H2,17,24)(H2,20,21,22,23). The Morgan fingerprint density at radius 3 is 2.67 bits per heavy atom. The predicted octanol–water partition coefficient (Wildman–Crippen LogP) is 1.72. The molecule has 8 nitrogen and oxygen atoms in total. The molecule has 0 bridgehead atoms. The normalized spacial score (nSPS) is 10.2. The molecule has 3 heterocycles. The van der Waals surface area contributed by atoms with Crippen molar-refractivity contribution in [1.82, 2.24) is 19.9 Å². The summed E-state index contributed by atoms with van der Waals surface area (Å²) in [5.74, 6) is 0.508. The van der Waals surface area contributed by atoms with E-state index >= 15 is 0 Å². The Bertz CT molecular complexity index is 824. The minimum Gasteiger partial charge on any atom is -0.379 e. The molecule has 3 aromatic heterocycles. The summed E-state index contributed by atoms with van der Waals surface area (Å²) in [7, 11) is 0. The summed E-state index contributed by atoms with van der Waals surface area (Å²) in [6.07, 6.45) is 7.85. The number of aromatic nitrogens is 4. The summed E-state index contributed by atoms with van der Waals surface area (Å²) < 4.78 is 0. The highest BCUT2D eigenvalue weighted by Crippen LogP contribution is 2.21. The van der Waals surface area contributed by atoms with Crippen molar-refractivity contribution in [3.63, 3.8) is 0 Å². The van der Waals surface area contributed by atoms with Crippen molar-refractivity contribution >= 4 is 23.2 Å². The minimum atomic E-state index is -0.558. The molecule has 0 saturated carbocycles. The van der Waals surface area contributed by atoms with Gasteiger partial charge < -0.3 is 16.4 Å². The van der Waals surface area contributed by atoms with Crippen molar-refractivity contribution in [3.05, 3.63) is 66.5 Å². The second-order valence-electron chi connectivity index (χ2n) is 4.87. The number of hydrogen-bond donors (Lipinski definition) is 3. The fraction of sp³-hybridized carbons (Fsp3) is 0.0625. The van der Waals surface area contributed by atoms with Gasteiger partial charge in [-0.15, -0.1) is 0 Å². The number of carbonyl (C=O) groups is 1. The Balaban J connectivity index is 1.82. The second-order valence-corrected chi connectivity index (χ2v) is 4.87. The van der Waals surface area contributed by atoms with Gasteiger partial charge in [0.05, 0.1) is 29.7 Å². The zero-order valence-electron chi connectivity index (χ0n) is 12.7. The first-order valence-corrected chi connectivity index (χ1v) is 7.19. The first kappa shape index (κ1) is 15.3. The molecule has 120 valence electrons. The summed E-state index contributed by atoms with van der Waals surface area (Å²) in [5.41, 5.74) is 7.12. The third-order valence-corrected chi connectivity index (χ3v) is 3.17. The molecule has 4 N–H and O–H groups in total. The average Bonchev–Trinajstić information content (AvgIpc) is 2.61. The van der Waals surface area contributed by atoms with Gasteiger partial charge in [-0.1, -0.05) is 6.07 Å². The van der Waals surface area contributed by atoms with Gasteiger partial charge in [-0.05, 0) is 12.1 Å². The molecule has 0 fully saturated rings. The minimum absolute atomic E-state index is 0.302. The van der Waals surface area contributed by atoms with Gasteiger partial charge in [0.2, 0.25) is 0 Å². The molecule has 0 radical (unpaired) electrons. The van der Waals surface area contributed by atoms with Crippen molar-refractivity contribution < 1.29 is 4.79 Å². The second kappa shape index (κ2) is 7.14. The first-order valence-electron chi connectivity index (χ1n) is 7.19. The van der Waals surface area contributed by atoms with Crippen molar-refractivity contribution in [3.8, 4) is 0 Å². The number of nitrogens with one attached hydrogen (secondary N) is 2. The molecule has 0 saturated heterocycles. The highest BCUT2D eigenvalue weighted by molar-refractivity contribution is 5.98. The van der Waals surface area contributed by atoms with Gasteiger partial charge in [-0.25, -0.2) is 9.97 Å². The number of anilines is 3. The monoisotopic (exact) mass is 321 g/mol. The molecule has 8 heteroatoms. The van der Waals surface area contributed by atoms with Crippen LogP contribution in [-0.2, 0) is 6.54 Å². The summed E-state index contributed by atoms with van der Waals surface area (Å²) in [4.78, 5) is 28.1. The number of primary amides is 1. The lowest BCUT2D eigenvalue weighted by atomic mass is 10.2. The maximum atomic E-state index is 11.6. The van der Waals surface area contributed by atoms with Crippen molar-refractivity contribution in [2.45, 2.75) is 6.54 Å². The Hall–Kier alpha value is -3.55. The van der Waals surface area contributed by atoms with E-state index in [0.29, 0.717) is 29.4 Å². The van der Waals surface area contributed by atoms with Crippen LogP contribution in [0.2, 0.25) is 0 Å². The topological polar surface area (TPSA) is 119 Å². The fourth-order valence-corrected chi connectivity index (χ4v) is 2.05. The molecule has 0 aliphatic rings. The summed E-state index contributed by atoms with van der Waals surface area (Å²) in [6, 6.07) is 7.31. The third-order valence-electron chi connectivity index (χ3n) is 3.17. The van der Waals surface area contributed by atoms with Crippen LogP contribution in [0.5, 0.6) is 0 Å². The third kappa shape index (κ3) is 3.80. The Morgan fingerprint density at radius 2 is 1.96 bits per heavy atom. The average molecular weight is 321 g/mol. The molecule has 24 heavy (non-hydrogen) atoms. The molecule has 3 aromatic rings. The van der Waals surface area contributed by atoms with Gasteiger partial charge in [0, 0.05) is 30.9 Å². The Kier molecular flexibility index (Phi) is 4.57. The summed E-state index contributed by atoms with van der Waals surface area (Å²) in [6.45, 7) is 0.454. The van der Waals surface area contributed by atoms with E-state index in [2.05, 4.69) is 30.6 Å². The van der Waals surface area contributed by atoms with E-state index in [1.807, 2.05) is 18.2 Å². The van der Waals surface area contributed by atoms with Gasteiger partial charge in [0.15, 0.2) is 0 Å². The zero-order chi connectivity index (χ0) is 16.8. The van der Waals surface area contributed by atoms with Crippen LogP contribution in [-0.4, -0.2) is 25.8 Å². The van der Waals surface area contributed by atoms with Crippen LogP contribution in [0, 0.1) is 0 Å². The SMILES string of the molecule is NC(=O)c1cnc(Nc2cnccn2)cc1NCc1ccccn1. The predicted molar refractivity (Wildman–Crippen MR) is 89.6 cm³/mol. The van der Waals surface area contributed by atoms with Gasteiger partial charge >= 0.3 is 0 Å². The van der Waals surface area contributed by atoms with Crippen molar-refractivity contribution in [1.29, 1.82) is 0 Å². The van der Waals surface area contributed by atoms with Crippen LogP contribution in [0.4, 0.5) is 17.3 Å². The molecule has 0 aliphatic carbocycles. The van der Waals surface area contributed by atoms with Crippen LogP contribution in [0.1, 0.15) is 16.1 Å². The van der Waals surface area contributed by atoms with E-state index in [0.717, 1.165) is 5.69 Å². The lowest BCUT2D eigenvalue weighted by Gasteiger charge is -2.12. The van der Waals surface area contributed by atoms with Crippen LogP contribution in [0.25, 0.3) is 0 Å². The van der Waals surface area contributed by atoms with Crippen LogP contribution < -0.4 is 16.4 Å². The number of rotatable bonds is 6. The van der Waals surface area contributed by atoms with Crippen LogP contribution in [0.15, 0.2) is 55.2 Å². The van der Waals surface area contributed by atoms with E-state index in [9.17, 15) is 4.79 Å². The Labute approximate surface area is 138 Å². The van der Waals surface area contributed by atoms with E-state index in [4.69, 9.17) is 5.73 Å². The van der Waals surface area contributed by atoms with E-state index < -0.39 is 5.91 Å². The van der Waals surface area contributed by atoms with E-state index in [-0.39, 0.29) is 0 Å². The number of amides is 1. The number of hydrogen-bond acceptors (Lipinski definition) is 7. The molecule has 1 amide bonds. The Morgan fingerprint density at radius 1 is 1.04 bits per heavy atom. The molecule has 0 aliphatic heterocycles. The quantitative estimate of drug-likeness (QED) is 0.632. The fourth-order valence-electron chi connectivity index (χ4n) is 2.05. The van der Waals surface area contributed by atoms with Crippen LogP contribution >= 0.6 is 0 Å². The maximum Gasteiger partial charge on any atom is 0.252 e. The summed E-state index contributed by atoms with van der Waals surface area (Å²) in [5, 5.41) is 6.17. The molecular weight excluding hydrogens is 306 g/mol. The zero-order valence-corrected chi connectivity index (χ0v) is 12.7. The first-order chi connectivity index (χ1) is 11.7. The highest BCUT2D eigenvalue weighted by Gasteiger charge is 2.11. The lowest BCUT2D eigenvalue weighted by Crippen LogP contribution is -2.15. The maximum absolute atomic E-state index is 11.6. The number of pyridine rings is 2. The number of nitrogens with zero attached hydrogens (tertiary/aromatic N) is 4. The number of nitrogens with two attached hydrogens (primary N) is 1. The van der Waals surface area contributed by atoms with Crippen molar-refractivity contribution in [2.24, 2.45) is 5.73 Å². The van der Waals surface area contributed by atoms with Gasteiger partial charge in [0.25, 0.3) is 5.91 Å². The van der Waals surface area contributed by atoms with Gasteiger partial charge in [-0.2, -0.15) is 0 Å². The smallest absolute Gasteiger partial charge is 0.252 e. The summed E-state index contributed by atoms with van der Waals surface area (Å²) >= 11 is 0. The highest BCUT2D eigenvalue weighted by atomic mass is 16.1. The molecule has 0 unspecified atom stereocenters. The lowest BCUT2D eigenvalue weighted by molar-refractivity contribution is 0.100. The largest absolute Gasteiger partial charge is 0.379 e. The molecule has 0 atom stereocenters. The molecule has 0 spiro atoms. The van der Waals surface area contributed by atoms with Crippen LogP contribution in [0.3, 0.4) is 0 Å². The van der Waals surface area contributed by atoms with Gasteiger partial charge in [0.1, 0.15) is 11.6 Å². The van der Waals surface area contributed by atoms with E-state index in [1.165, 1.54) is 6.20 Å². The number of carbonyl (C=O) groups excluding carboxylic acids is 1. The van der Waals surface area contributed by atoms with Gasteiger partial charge in [-0.3, -0.25) is 14.8 Å². The van der Waals surface area contributed by atoms with Crippen molar-refractivity contribution in [2.75, 3.05) is 10.6 Å². The molecular formula is C16H15N7O. The molecule has 3 rings (SSSR count). The molecule has 0 aromatic carbocycles.